The average Bonchev–Trinajstić information content (AvgIpc) is 2.25. The Labute approximate surface area is 95.1 Å². The number of benzene rings is 1. The van der Waals surface area contributed by atoms with Gasteiger partial charge in [0.1, 0.15) is 0 Å². The van der Waals surface area contributed by atoms with Gasteiger partial charge in [-0.3, -0.25) is 4.90 Å². The Kier molecular flexibility index (Phi) is 3.77. The number of likely N-dealkylation sites (tertiary alicyclic amines) is 1. The van der Waals surface area contributed by atoms with Crippen molar-refractivity contribution in [2.75, 3.05) is 13.1 Å². The fourth-order valence-electron chi connectivity index (χ4n) is 2.24. The third-order valence-electron chi connectivity index (χ3n) is 3.30. The molecule has 0 radical (unpaired) electrons. The van der Waals surface area contributed by atoms with Crippen LogP contribution in [0.2, 0.25) is 0 Å². The van der Waals surface area contributed by atoms with E-state index in [1.807, 2.05) is 0 Å². The van der Waals surface area contributed by atoms with Crippen LogP contribution in [0, 0.1) is 5.92 Å². The first kappa shape index (κ1) is 11.1. The number of hydrogen-bond donors (Lipinski definition) is 0. The second kappa shape index (κ2) is 5.09. The molecule has 0 saturated carbocycles. The summed E-state index contributed by atoms with van der Waals surface area (Å²) in [5.41, 5.74) is 2.25. The van der Waals surface area contributed by atoms with Crippen molar-refractivity contribution < 1.29 is 0 Å². The first-order valence-corrected chi connectivity index (χ1v) is 6.44. The van der Waals surface area contributed by atoms with Crippen molar-refractivity contribution in [3.05, 3.63) is 35.9 Å². The fraction of sp³-hybridized carbons (Fsp3) is 0.538. The Hall–Kier alpha value is -0.390. The molecule has 15 heavy (non-hydrogen) atoms. The van der Waals surface area contributed by atoms with Crippen LogP contribution < -0.4 is 0 Å². The lowest BCUT2D eigenvalue weighted by Gasteiger charge is -2.35. The molecule has 0 spiro atoms. The Balaban J connectivity index is 1.91. The second-order valence-corrected chi connectivity index (χ2v) is 5.51. The van der Waals surface area contributed by atoms with Gasteiger partial charge in [0.15, 0.2) is 0 Å². The van der Waals surface area contributed by atoms with Gasteiger partial charge in [-0.15, -0.1) is 9.24 Å². The van der Waals surface area contributed by atoms with Crippen LogP contribution >= 0.6 is 9.24 Å². The molecular formula is C13H20NP. The van der Waals surface area contributed by atoms with Crippen LogP contribution in [0.4, 0.5) is 0 Å². The molecule has 1 aliphatic rings. The fourth-order valence-corrected chi connectivity index (χ4v) is 2.51. The number of piperidine rings is 1. The standard InChI is InChI=1S/C13H20NP/c1-11-9-14(8-7-13(11)15)10-12-5-3-2-4-6-12/h2-6,11,13H,7-10,15H2,1H3. The van der Waals surface area contributed by atoms with Gasteiger partial charge in [0.25, 0.3) is 0 Å². The van der Waals surface area contributed by atoms with Gasteiger partial charge >= 0.3 is 0 Å². The topological polar surface area (TPSA) is 3.24 Å². The molecule has 1 nitrogen and oxygen atoms in total. The zero-order chi connectivity index (χ0) is 10.7. The van der Waals surface area contributed by atoms with E-state index in [-0.39, 0.29) is 0 Å². The molecule has 2 heteroatoms. The lowest BCUT2D eigenvalue weighted by Crippen LogP contribution is -2.39. The van der Waals surface area contributed by atoms with Crippen LogP contribution in [0.1, 0.15) is 18.9 Å². The number of rotatable bonds is 2. The molecule has 2 rings (SSSR count). The zero-order valence-electron chi connectivity index (χ0n) is 9.39. The van der Waals surface area contributed by atoms with Crippen LogP contribution in [-0.4, -0.2) is 23.6 Å². The highest BCUT2D eigenvalue weighted by Gasteiger charge is 2.22. The maximum atomic E-state index is 2.98. The summed E-state index contributed by atoms with van der Waals surface area (Å²) in [6.07, 6.45) is 1.32. The Morgan fingerprint density at radius 1 is 1.33 bits per heavy atom. The molecule has 1 aromatic rings. The van der Waals surface area contributed by atoms with Gasteiger partial charge in [-0.1, -0.05) is 37.3 Å². The predicted octanol–water partition coefficient (Wildman–Crippen LogP) is 2.77. The van der Waals surface area contributed by atoms with Crippen molar-refractivity contribution >= 4 is 9.24 Å². The Bertz CT molecular complexity index is 299. The molecule has 1 heterocycles. The highest BCUT2D eigenvalue weighted by molar-refractivity contribution is 7.17. The van der Waals surface area contributed by atoms with Gasteiger partial charge in [-0.2, -0.15) is 0 Å². The molecule has 82 valence electrons. The summed E-state index contributed by atoms with van der Waals surface area (Å²) in [5.74, 6) is 0.812. The summed E-state index contributed by atoms with van der Waals surface area (Å²) in [6.45, 7) is 5.95. The lowest BCUT2D eigenvalue weighted by atomic mass is 9.99. The smallest absolute Gasteiger partial charge is 0.0233 e. The van der Waals surface area contributed by atoms with Crippen molar-refractivity contribution in [1.82, 2.24) is 4.90 Å². The van der Waals surface area contributed by atoms with Gasteiger partial charge in [0.2, 0.25) is 0 Å². The molecule has 1 saturated heterocycles. The van der Waals surface area contributed by atoms with E-state index in [9.17, 15) is 0 Å². The molecule has 0 bridgehead atoms. The first-order chi connectivity index (χ1) is 7.25. The molecular weight excluding hydrogens is 201 g/mol. The lowest BCUT2D eigenvalue weighted by molar-refractivity contribution is 0.181. The minimum Gasteiger partial charge on any atom is -0.299 e. The summed E-state index contributed by atoms with van der Waals surface area (Å²) < 4.78 is 0. The van der Waals surface area contributed by atoms with Crippen molar-refractivity contribution in [2.24, 2.45) is 5.92 Å². The van der Waals surface area contributed by atoms with Crippen LogP contribution in [0.15, 0.2) is 30.3 Å². The molecule has 0 aromatic heterocycles. The van der Waals surface area contributed by atoms with Crippen LogP contribution in [-0.2, 0) is 6.54 Å². The monoisotopic (exact) mass is 221 g/mol. The highest BCUT2D eigenvalue weighted by atomic mass is 31.0. The Morgan fingerprint density at radius 3 is 2.73 bits per heavy atom. The van der Waals surface area contributed by atoms with E-state index in [2.05, 4.69) is 51.4 Å². The molecule has 1 aliphatic heterocycles. The zero-order valence-corrected chi connectivity index (χ0v) is 10.5. The molecule has 0 aliphatic carbocycles. The van der Waals surface area contributed by atoms with Crippen molar-refractivity contribution in [3.63, 3.8) is 0 Å². The van der Waals surface area contributed by atoms with E-state index in [0.717, 1.165) is 18.1 Å². The maximum Gasteiger partial charge on any atom is 0.0233 e. The normalized spacial score (nSPS) is 27.9. The van der Waals surface area contributed by atoms with E-state index in [1.54, 1.807) is 0 Å². The van der Waals surface area contributed by atoms with E-state index in [4.69, 9.17) is 0 Å². The molecule has 1 aromatic carbocycles. The minimum atomic E-state index is 0.812. The largest absolute Gasteiger partial charge is 0.299 e. The summed E-state index contributed by atoms with van der Waals surface area (Å²) >= 11 is 0. The average molecular weight is 221 g/mol. The minimum absolute atomic E-state index is 0.812. The van der Waals surface area contributed by atoms with Crippen molar-refractivity contribution in [3.8, 4) is 0 Å². The van der Waals surface area contributed by atoms with Crippen molar-refractivity contribution in [1.29, 1.82) is 0 Å². The van der Waals surface area contributed by atoms with Gasteiger partial charge in [0, 0.05) is 13.1 Å². The Morgan fingerprint density at radius 2 is 2.07 bits per heavy atom. The quantitative estimate of drug-likeness (QED) is 0.694. The maximum absolute atomic E-state index is 2.98. The van der Waals surface area contributed by atoms with Gasteiger partial charge in [-0.25, -0.2) is 0 Å². The highest BCUT2D eigenvalue weighted by Crippen LogP contribution is 2.24. The number of nitrogens with zero attached hydrogens (tertiary/aromatic N) is 1. The van der Waals surface area contributed by atoms with Gasteiger partial charge in [-0.05, 0) is 30.1 Å². The van der Waals surface area contributed by atoms with E-state index in [1.165, 1.54) is 25.1 Å². The predicted molar refractivity (Wildman–Crippen MR) is 69.0 cm³/mol. The summed E-state index contributed by atoms with van der Waals surface area (Å²) in [4.78, 5) is 2.57. The van der Waals surface area contributed by atoms with E-state index in [0.29, 0.717) is 0 Å². The van der Waals surface area contributed by atoms with Crippen LogP contribution in [0.5, 0.6) is 0 Å². The molecule has 0 N–H and O–H groups in total. The number of hydrogen-bond acceptors (Lipinski definition) is 1. The van der Waals surface area contributed by atoms with Gasteiger partial charge in [0.05, 0.1) is 0 Å². The molecule has 0 amide bonds. The van der Waals surface area contributed by atoms with E-state index < -0.39 is 0 Å². The van der Waals surface area contributed by atoms with Crippen LogP contribution in [0.25, 0.3) is 0 Å². The summed E-state index contributed by atoms with van der Waals surface area (Å²) in [6, 6.07) is 10.8. The van der Waals surface area contributed by atoms with Crippen LogP contribution in [0.3, 0.4) is 0 Å². The third-order valence-corrected chi connectivity index (χ3v) is 4.30. The van der Waals surface area contributed by atoms with E-state index >= 15 is 0 Å². The molecule has 3 unspecified atom stereocenters. The third kappa shape index (κ3) is 3.03. The molecule has 1 fully saturated rings. The second-order valence-electron chi connectivity index (χ2n) is 4.65. The summed E-state index contributed by atoms with van der Waals surface area (Å²) in [7, 11) is 2.98. The van der Waals surface area contributed by atoms with Crippen molar-refractivity contribution in [2.45, 2.75) is 25.5 Å². The molecule has 3 atom stereocenters. The summed E-state index contributed by atoms with van der Waals surface area (Å²) in [5, 5.41) is 0. The SMILES string of the molecule is CC1CN(Cc2ccccc2)CCC1P. The van der Waals surface area contributed by atoms with Gasteiger partial charge < -0.3 is 0 Å². The first-order valence-electron chi connectivity index (χ1n) is 5.77.